The Kier molecular flexibility index (Phi) is 5.53. The number of amides is 3. The zero-order chi connectivity index (χ0) is 17.8. The van der Waals surface area contributed by atoms with E-state index in [1.54, 1.807) is 24.0 Å². The van der Waals surface area contributed by atoms with Crippen LogP contribution in [0.5, 0.6) is 0 Å². The van der Waals surface area contributed by atoms with Crippen molar-refractivity contribution in [3.63, 3.8) is 0 Å². The first-order valence-electron chi connectivity index (χ1n) is 8.86. The standard InChI is InChI=1S/C18H25FN4O2/c1-13-4-5-15(11-16(13)19)21-17(24)14-3-2-8-23(12-14)18(25)22-9-6-20-7-10-22/h4-5,11,14,20H,2-3,6-10,12H2,1H3,(H,21,24)/t14-/m0/s1. The summed E-state index contributed by atoms with van der Waals surface area (Å²) in [6, 6.07) is 4.69. The topological polar surface area (TPSA) is 64.7 Å². The number of hydrogen-bond donors (Lipinski definition) is 2. The van der Waals surface area contributed by atoms with Gasteiger partial charge in [-0.2, -0.15) is 0 Å². The fourth-order valence-electron chi connectivity index (χ4n) is 3.34. The van der Waals surface area contributed by atoms with Crippen LogP contribution in [0.15, 0.2) is 18.2 Å². The predicted molar refractivity (Wildman–Crippen MR) is 93.9 cm³/mol. The van der Waals surface area contributed by atoms with Crippen LogP contribution in [0.2, 0.25) is 0 Å². The predicted octanol–water partition coefficient (Wildman–Crippen LogP) is 1.81. The Hall–Kier alpha value is -2.15. The molecule has 3 rings (SSSR count). The summed E-state index contributed by atoms with van der Waals surface area (Å²) >= 11 is 0. The van der Waals surface area contributed by atoms with Gasteiger partial charge in [0.2, 0.25) is 5.91 Å². The van der Waals surface area contributed by atoms with E-state index >= 15 is 0 Å². The van der Waals surface area contributed by atoms with Gasteiger partial charge in [0.25, 0.3) is 0 Å². The van der Waals surface area contributed by atoms with E-state index in [0.717, 1.165) is 25.9 Å². The lowest BCUT2D eigenvalue weighted by Crippen LogP contribution is -2.54. The van der Waals surface area contributed by atoms with Crippen LogP contribution in [0.3, 0.4) is 0 Å². The number of halogens is 1. The number of hydrogen-bond acceptors (Lipinski definition) is 3. The summed E-state index contributed by atoms with van der Waals surface area (Å²) in [5, 5.41) is 6.01. The van der Waals surface area contributed by atoms with E-state index in [9.17, 15) is 14.0 Å². The number of carbonyl (C=O) groups excluding carboxylic acids is 2. The highest BCUT2D eigenvalue weighted by atomic mass is 19.1. The molecule has 0 unspecified atom stereocenters. The number of aryl methyl sites for hydroxylation is 1. The fraction of sp³-hybridized carbons (Fsp3) is 0.556. The highest BCUT2D eigenvalue weighted by molar-refractivity contribution is 5.93. The van der Waals surface area contributed by atoms with Crippen LogP contribution in [0.4, 0.5) is 14.9 Å². The quantitative estimate of drug-likeness (QED) is 0.857. The van der Waals surface area contributed by atoms with Crippen molar-refractivity contribution in [2.75, 3.05) is 44.6 Å². The molecule has 0 aliphatic carbocycles. The molecule has 0 radical (unpaired) electrons. The van der Waals surface area contributed by atoms with Gasteiger partial charge < -0.3 is 20.4 Å². The summed E-state index contributed by atoms with van der Waals surface area (Å²) in [6.45, 7) is 5.81. The second kappa shape index (κ2) is 7.82. The lowest BCUT2D eigenvalue weighted by Gasteiger charge is -2.37. The largest absolute Gasteiger partial charge is 0.326 e. The van der Waals surface area contributed by atoms with E-state index in [1.165, 1.54) is 6.07 Å². The molecule has 0 spiro atoms. The highest BCUT2D eigenvalue weighted by Gasteiger charge is 2.31. The molecular formula is C18H25FN4O2. The number of carbonyl (C=O) groups is 2. The lowest BCUT2D eigenvalue weighted by molar-refractivity contribution is -0.121. The molecule has 0 saturated carbocycles. The number of piperidine rings is 1. The zero-order valence-electron chi connectivity index (χ0n) is 14.6. The Labute approximate surface area is 147 Å². The van der Waals surface area contributed by atoms with Crippen molar-refractivity contribution in [3.8, 4) is 0 Å². The number of piperazine rings is 1. The third-order valence-electron chi connectivity index (χ3n) is 4.89. The molecule has 2 aliphatic rings. The summed E-state index contributed by atoms with van der Waals surface area (Å²) in [7, 11) is 0. The minimum atomic E-state index is -0.336. The normalized spacial score (nSPS) is 21.1. The minimum absolute atomic E-state index is 0.0142. The molecule has 0 aromatic heterocycles. The molecule has 0 bridgehead atoms. The molecule has 2 saturated heterocycles. The smallest absolute Gasteiger partial charge is 0.320 e. The summed E-state index contributed by atoms with van der Waals surface area (Å²) in [4.78, 5) is 28.7. The molecule has 2 heterocycles. The zero-order valence-corrected chi connectivity index (χ0v) is 14.6. The maximum absolute atomic E-state index is 13.6. The van der Waals surface area contributed by atoms with Gasteiger partial charge in [-0.25, -0.2) is 9.18 Å². The van der Waals surface area contributed by atoms with E-state index in [2.05, 4.69) is 10.6 Å². The molecule has 3 amide bonds. The van der Waals surface area contributed by atoms with E-state index in [-0.39, 0.29) is 23.7 Å². The van der Waals surface area contributed by atoms with Gasteiger partial charge in [-0.1, -0.05) is 6.07 Å². The molecule has 1 aromatic carbocycles. The van der Waals surface area contributed by atoms with Gasteiger partial charge in [0, 0.05) is 45.0 Å². The Morgan fingerprint density at radius 2 is 1.96 bits per heavy atom. The number of nitrogens with one attached hydrogen (secondary N) is 2. The molecule has 2 fully saturated rings. The van der Waals surface area contributed by atoms with Crippen LogP contribution < -0.4 is 10.6 Å². The van der Waals surface area contributed by atoms with Gasteiger partial charge in [0.05, 0.1) is 5.92 Å². The fourth-order valence-corrected chi connectivity index (χ4v) is 3.34. The van der Waals surface area contributed by atoms with Crippen molar-refractivity contribution in [2.24, 2.45) is 5.92 Å². The SMILES string of the molecule is Cc1ccc(NC(=O)[C@H]2CCCN(C(=O)N3CCNCC3)C2)cc1F. The van der Waals surface area contributed by atoms with E-state index in [1.807, 2.05) is 4.90 Å². The van der Waals surface area contributed by atoms with Gasteiger partial charge in [-0.3, -0.25) is 4.79 Å². The Morgan fingerprint density at radius 1 is 1.20 bits per heavy atom. The van der Waals surface area contributed by atoms with Crippen molar-refractivity contribution < 1.29 is 14.0 Å². The first-order valence-corrected chi connectivity index (χ1v) is 8.86. The summed E-state index contributed by atoms with van der Waals surface area (Å²) < 4.78 is 13.6. The van der Waals surface area contributed by atoms with Gasteiger partial charge in [0.1, 0.15) is 5.82 Å². The maximum atomic E-state index is 13.6. The maximum Gasteiger partial charge on any atom is 0.320 e. The highest BCUT2D eigenvalue weighted by Crippen LogP contribution is 2.21. The summed E-state index contributed by atoms with van der Waals surface area (Å²) in [5.41, 5.74) is 1.00. The van der Waals surface area contributed by atoms with Crippen LogP contribution in [-0.2, 0) is 4.79 Å². The summed E-state index contributed by atoms with van der Waals surface area (Å²) in [5.74, 6) is -0.747. The van der Waals surface area contributed by atoms with Gasteiger partial charge >= 0.3 is 6.03 Å². The Bertz CT molecular complexity index is 646. The van der Waals surface area contributed by atoms with Crippen LogP contribution in [0.25, 0.3) is 0 Å². The van der Waals surface area contributed by atoms with E-state index in [0.29, 0.717) is 37.4 Å². The van der Waals surface area contributed by atoms with Crippen molar-refractivity contribution >= 4 is 17.6 Å². The second-order valence-corrected chi connectivity index (χ2v) is 6.76. The second-order valence-electron chi connectivity index (χ2n) is 6.76. The van der Waals surface area contributed by atoms with E-state index < -0.39 is 0 Å². The van der Waals surface area contributed by atoms with Crippen LogP contribution in [0, 0.1) is 18.7 Å². The molecule has 1 aromatic rings. The van der Waals surface area contributed by atoms with Crippen molar-refractivity contribution in [2.45, 2.75) is 19.8 Å². The Balaban J connectivity index is 1.59. The number of rotatable bonds is 2. The third-order valence-corrected chi connectivity index (χ3v) is 4.89. The van der Waals surface area contributed by atoms with Crippen molar-refractivity contribution in [1.82, 2.24) is 15.1 Å². The number of benzene rings is 1. The van der Waals surface area contributed by atoms with Crippen LogP contribution in [0.1, 0.15) is 18.4 Å². The lowest BCUT2D eigenvalue weighted by atomic mass is 9.97. The minimum Gasteiger partial charge on any atom is -0.326 e. The molecule has 25 heavy (non-hydrogen) atoms. The molecule has 2 N–H and O–H groups in total. The average Bonchev–Trinajstić information content (AvgIpc) is 2.65. The van der Waals surface area contributed by atoms with Crippen molar-refractivity contribution in [3.05, 3.63) is 29.6 Å². The Morgan fingerprint density at radius 3 is 2.68 bits per heavy atom. The first kappa shape index (κ1) is 17.7. The molecular weight excluding hydrogens is 323 g/mol. The number of anilines is 1. The number of likely N-dealkylation sites (tertiary alicyclic amines) is 1. The monoisotopic (exact) mass is 348 g/mol. The first-order chi connectivity index (χ1) is 12.0. The summed E-state index contributed by atoms with van der Waals surface area (Å²) in [6.07, 6.45) is 1.55. The molecule has 2 aliphatic heterocycles. The van der Waals surface area contributed by atoms with Gasteiger partial charge in [-0.05, 0) is 37.5 Å². The van der Waals surface area contributed by atoms with E-state index in [4.69, 9.17) is 0 Å². The molecule has 1 atom stereocenters. The van der Waals surface area contributed by atoms with Crippen molar-refractivity contribution in [1.29, 1.82) is 0 Å². The molecule has 136 valence electrons. The number of urea groups is 1. The average molecular weight is 348 g/mol. The van der Waals surface area contributed by atoms with Gasteiger partial charge in [0.15, 0.2) is 0 Å². The van der Waals surface area contributed by atoms with Crippen LogP contribution in [-0.4, -0.2) is 61.0 Å². The van der Waals surface area contributed by atoms with Gasteiger partial charge in [-0.15, -0.1) is 0 Å². The third kappa shape index (κ3) is 4.28. The molecule has 7 heteroatoms. The number of nitrogens with zero attached hydrogens (tertiary/aromatic N) is 2. The van der Waals surface area contributed by atoms with Crippen LogP contribution >= 0.6 is 0 Å². The molecule has 6 nitrogen and oxygen atoms in total.